The number of fused-ring (bicyclic) bond motifs is 4. The van der Waals surface area contributed by atoms with Gasteiger partial charge in [0.15, 0.2) is 0 Å². The molecule has 4 heterocycles. The highest BCUT2D eigenvalue weighted by Crippen LogP contribution is 2.50. The van der Waals surface area contributed by atoms with Gasteiger partial charge in [0, 0.05) is 44.5 Å². The van der Waals surface area contributed by atoms with E-state index < -0.39 is 23.9 Å². The molecule has 0 aliphatic carbocycles. The molecule has 10 aromatic rings. The Morgan fingerprint density at radius 2 is 0.488 bits per heavy atom. The third kappa shape index (κ3) is 12.4. The first kappa shape index (κ1) is 58.3. The van der Waals surface area contributed by atoms with Gasteiger partial charge in [-0.1, -0.05) is 97.1 Å². The number of hydrogen-bond acceptors (Lipinski definition) is 14. The van der Waals surface area contributed by atoms with Crippen LogP contribution < -0.4 is 18.9 Å². The minimum atomic E-state index is -0.622. The molecule has 10 aromatic carbocycles. The van der Waals surface area contributed by atoms with E-state index in [1.54, 1.807) is 28.4 Å². The summed E-state index contributed by atoms with van der Waals surface area (Å²) in [6.45, 7) is 5.44. The number of esters is 4. The number of carbonyl (C=O) groups is 6. The van der Waals surface area contributed by atoms with Crippen molar-refractivity contribution in [3.63, 3.8) is 0 Å². The standard InChI is InChI=1S/C64H48O12.2C3H6O/c1-69-57-45-29-41-13-5-9-17-49(41)53(57)54-50-18-10-6-14-42(50)30-46(58(54)70-2)34-74-62(66)39-25-27-40(28-26-39)64(68)76-36-48-32-44-16-8-12-20-52(44)56(60(48)72-4)55-51-19-11-7-15-43(51)31-47(59(55)71-3)35-75-63(67)38-23-21-37(22-24-38)61(65)73-33-45;2*1-3(2)4/h5-32H,33-36H2,1-4H3;2*1-2H3. The molecule has 0 spiro atoms. The lowest BCUT2D eigenvalue weighted by molar-refractivity contribution is -0.115. The lowest BCUT2D eigenvalue weighted by Gasteiger charge is -2.22. The fraction of sp³-hybridized carbons (Fsp3) is 0.171. The highest BCUT2D eigenvalue weighted by Gasteiger charge is 2.28. The fourth-order valence-electron chi connectivity index (χ4n) is 10.3. The first-order valence-electron chi connectivity index (χ1n) is 26.8. The zero-order valence-corrected chi connectivity index (χ0v) is 47.7. The van der Waals surface area contributed by atoms with Crippen LogP contribution in [0.15, 0.2) is 170 Å². The van der Waals surface area contributed by atoms with Crippen molar-refractivity contribution >= 4 is 78.5 Å². The Morgan fingerprint density at radius 3 is 0.667 bits per heavy atom. The fourth-order valence-corrected chi connectivity index (χ4v) is 10.3. The minimum absolute atomic E-state index is 0.167. The highest BCUT2D eigenvalue weighted by molar-refractivity contribution is 6.12. The Morgan fingerprint density at radius 1 is 0.310 bits per heavy atom. The number of methoxy groups -OCH3 is 4. The van der Waals surface area contributed by atoms with Gasteiger partial charge in [-0.05, 0) is 144 Å². The van der Waals surface area contributed by atoms with Crippen molar-refractivity contribution in [2.24, 2.45) is 0 Å². The maximum atomic E-state index is 13.8. The number of ether oxygens (including phenoxy) is 8. The monoisotopic (exact) mass is 1120 g/mol. The van der Waals surface area contributed by atoms with Crippen molar-refractivity contribution in [1.29, 1.82) is 0 Å². The van der Waals surface area contributed by atoms with Crippen LogP contribution in [0.1, 0.15) is 91.4 Å². The third-order valence-corrected chi connectivity index (χ3v) is 13.8. The van der Waals surface area contributed by atoms with E-state index in [1.807, 2.05) is 121 Å². The van der Waals surface area contributed by atoms with Crippen molar-refractivity contribution in [2.45, 2.75) is 54.1 Å². The summed E-state index contributed by atoms with van der Waals surface area (Å²) in [4.78, 5) is 74.2. The van der Waals surface area contributed by atoms with E-state index in [-0.39, 0.29) is 60.2 Å². The molecule has 14 heteroatoms. The van der Waals surface area contributed by atoms with Crippen LogP contribution in [-0.4, -0.2) is 63.9 Å². The summed E-state index contributed by atoms with van der Waals surface area (Å²) in [5, 5.41) is 6.74. The number of Topliss-reactive ketones (excluding diaryl/α,β-unsaturated/α-hetero) is 2. The van der Waals surface area contributed by atoms with Crippen LogP contribution in [0.3, 0.4) is 0 Å². The first-order valence-corrected chi connectivity index (χ1v) is 26.8. The lowest BCUT2D eigenvalue weighted by Crippen LogP contribution is -2.10. The molecule has 0 atom stereocenters. The van der Waals surface area contributed by atoms with Gasteiger partial charge in [-0.3, -0.25) is 0 Å². The Labute approximate surface area is 485 Å². The van der Waals surface area contributed by atoms with E-state index >= 15 is 0 Å². The van der Waals surface area contributed by atoms with Crippen LogP contribution in [0, 0.1) is 0 Å². The molecule has 424 valence electrons. The van der Waals surface area contributed by atoms with Crippen LogP contribution >= 0.6 is 0 Å². The predicted octanol–water partition coefficient (Wildman–Crippen LogP) is 14.6. The molecule has 0 unspecified atom stereocenters. The molecule has 14 rings (SSSR count). The average Bonchev–Trinajstić information content (AvgIpc) is 1.00. The van der Waals surface area contributed by atoms with Crippen LogP contribution in [0.2, 0.25) is 0 Å². The molecule has 84 heavy (non-hydrogen) atoms. The van der Waals surface area contributed by atoms with E-state index in [0.717, 1.165) is 43.1 Å². The van der Waals surface area contributed by atoms with Crippen molar-refractivity contribution in [3.05, 3.63) is 214 Å². The molecule has 0 radical (unpaired) electrons. The van der Waals surface area contributed by atoms with Gasteiger partial charge in [0.2, 0.25) is 0 Å². The van der Waals surface area contributed by atoms with Crippen molar-refractivity contribution in [2.75, 3.05) is 28.4 Å². The zero-order valence-electron chi connectivity index (χ0n) is 47.7. The summed E-state index contributed by atoms with van der Waals surface area (Å²) in [5.41, 5.74) is 5.91. The van der Waals surface area contributed by atoms with Gasteiger partial charge in [0.05, 0.1) is 50.7 Å². The SMILES string of the molecule is CC(C)=O.CC(C)=O.COc1c2cc3ccccc3c1-c1c(OC)c(cc3ccccc13)COC(=O)c1ccc(cc1)C(=O)OCc1cc3ccccc3c(c1OC)-c1c(OC)c(cc3ccccc13)COC(=O)c1ccc(cc1)C(=O)OC2. The number of ketones is 2. The number of hydrogen-bond donors (Lipinski definition) is 0. The van der Waals surface area contributed by atoms with Crippen molar-refractivity contribution < 1.29 is 66.7 Å². The Balaban J connectivity index is 0.000000996. The van der Waals surface area contributed by atoms with Crippen LogP contribution in [-0.2, 0) is 55.0 Å². The second-order valence-corrected chi connectivity index (χ2v) is 19.9. The van der Waals surface area contributed by atoms with Crippen molar-refractivity contribution in [1.82, 2.24) is 0 Å². The van der Waals surface area contributed by atoms with Gasteiger partial charge in [0.25, 0.3) is 0 Å². The van der Waals surface area contributed by atoms with Crippen LogP contribution in [0.25, 0.3) is 65.3 Å². The van der Waals surface area contributed by atoms with E-state index in [9.17, 15) is 28.8 Å². The molecule has 4 aliphatic heterocycles. The second-order valence-electron chi connectivity index (χ2n) is 19.9. The molecule has 4 aliphatic rings. The van der Waals surface area contributed by atoms with Crippen molar-refractivity contribution in [3.8, 4) is 45.3 Å². The number of benzene rings is 10. The first-order chi connectivity index (χ1) is 40.6. The van der Waals surface area contributed by atoms with Crippen LogP contribution in [0.4, 0.5) is 0 Å². The Bertz CT molecular complexity index is 3650. The molecule has 0 amide bonds. The van der Waals surface area contributed by atoms with Gasteiger partial charge in [0.1, 0.15) is 61.0 Å². The average molecular weight is 1130 g/mol. The summed E-state index contributed by atoms with van der Waals surface area (Å²) < 4.78 is 48.8. The minimum Gasteiger partial charge on any atom is -0.496 e. The number of rotatable bonds is 4. The molecule has 0 aromatic heterocycles. The van der Waals surface area contributed by atoms with Gasteiger partial charge in [-0.25, -0.2) is 19.2 Å². The zero-order chi connectivity index (χ0) is 59.6. The van der Waals surface area contributed by atoms with Crippen LogP contribution in [0.5, 0.6) is 23.0 Å². The molecular weight excluding hydrogens is 1060 g/mol. The summed E-state index contributed by atoms with van der Waals surface area (Å²) in [6, 6.07) is 51.0. The van der Waals surface area contributed by atoms with Gasteiger partial charge >= 0.3 is 23.9 Å². The maximum Gasteiger partial charge on any atom is 0.338 e. The second kappa shape index (κ2) is 26.1. The normalized spacial score (nSPS) is 12.7. The van der Waals surface area contributed by atoms with Gasteiger partial charge < -0.3 is 47.5 Å². The summed E-state index contributed by atoms with van der Waals surface area (Å²) >= 11 is 0. The third-order valence-electron chi connectivity index (χ3n) is 13.8. The molecule has 0 fully saturated rings. The van der Waals surface area contributed by atoms with E-state index in [4.69, 9.17) is 37.9 Å². The summed E-state index contributed by atoms with van der Waals surface area (Å²) in [7, 11) is 6.23. The molecule has 0 saturated heterocycles. The molecular formula is C70H60O14. The summed E-state index contributed by atoms with van der Waals surface area (Å²) in [5.74, 6) is -0.369. The smallest absolute Gasteiger partial charge is 0.338 e. The van der Waals surface area contributed by atoms with Gasteiger partial charge in [-0.2, -0.15) is 0 Å². The Kier molecular flexibility index (Phi) is 18.1. The summed E-state index contributed by atoms with van der Waals surface area (Å²) in [6.07, 6.45) is 0. The molecule has 0 saturated carbocycles. The molecule has 12 bridgehead atoms. The maximum absolute atomic E-state index is 13.8. The quantitative estimate of drug-likeness (QED) is 0.120. The largest absolute Gasteiger partial charge is 0.496 e. The topological polar surface area (TPSA) is 176 Å². The predicted molar refractivity (Wildman–Crippen MR) is 322 cm³/mol. The molecule has 0 N–H and O–H groups in total. The van der Waals surface area contributed by atoms with Gasteiger partial charge in [-0.15, -0.1) is 0 Å². The lowest BCUT2D eigenvalue weighted by atomic mass is 9.89. The van der Waals surface area contributed by atoms with E-state index in [1.165, 1.54) is 76.2 Å². The highest BCUT2D eigenvalue weighted by atomic mass is 16.5. The molecule has 14 nitrogen and oxygen atoms in total. The number of carbonyl (C=O) groups excluding carboxylic acids is 6. The van der Waals surface area contributed by atoms with E-state index in [0.29, 0.717) is 67.5 Å². The Hall–Kier alpha value is -10.3. The van der Waals surface area contributed by atoms with E-state index in [2.05, 4.69) is 0 Å².